The number of Topliss-reactive ketones (excluding diaryl/α,β-unsaturated/α-hetero) is 1. The number of halogens is 4. The van der Waals surface area contributed by atoms with Gasteiger partial charge in [-0.05, 0) is 25.1 Å². The predicted molar refractivity (Wildman–Crippen MR) is 82.8 cm³/mol. The summed E-state index contributed by atoms with van der Waals surface area (Å²) in [7, 11) is 0. The maximum atomic E-state index is 13.4. The molecule has 0 aliphatic rings. The Morgan fingerprint density at radius 1 is 1.33 bits per heavy atom. The van der Waals surface area contributed by atoms with Gasteiger partial charge >= 0.3 is 6.18 Å². The summed E-state index contributed by atoms with van der Waals surface area (Å²) in [5.74, 6) is -1.000. The van der Waals surface area contributed by atoms with Crippen LogP contribution in [0.2, 0.25) is 0 Å². The molecule has 0 aliphatic carbocycles. The van der Waals surface area contributed by atoms with Crippen LogP contribution < -0.4 is 0 Å². The number of hydrogen-bond acceptors (Lipinski definition) is 3. The number of thiazole rings is 1. The van der Waals surface area contributed by atoms with Crippen LogP contribution in [0, 0.1) is 12.7 Å². The summed E-state index contributed by atoms with van der Waals surface area (Å²) in [6, 6.07) is 3.47. The molecule has 3 nitrogen and oxygen atoms in total. The van der Waals surface area contributed by atoms with Gasteiger partial charge in [0.1, 0.15) is 17.4 Å². The minimum absolute atomic E-state index is 0.00101. The number of carbonyl (C=O) groups excluding carboxylic acids is 1. The van der Waals surface area contributed by atoms with Crippen molar-refractivity contribution in [3.05, 3.63) is 51.9 Å². The minimum Gasteiger partial charge on any atom is -0.338 e. The zero-order chi connectivity index (χ0) is 17.5. The molecule has 3 aromatic rings. The molecule has 0 saturated carbocycles. The summed E-state index contributed by atoms with van der Waals surface area (Å²) in [5, 5.41) is 0.898. The fourth-order valence-electron chi connectivity index (χ4n) is 2.53. The van der Waals surface area contributed by atoms with Crippen LogP contribution in [-0.4, -0.2) is 21.5 Å². The molecular weight excluding hydrogens is 344 g/mol. The van der Waals surface area contributed by atoms with Crippen molar-refractivity contribution in [3.8, 4) is 0 Å². The molecule has 3 rings (SSSR count). The molecule has 0 N–H and O–H groups in total. The highest BCUT2D eigenvalue weighted by Gasteiger charge is 2.29. The normalized spacial score (nSPS) is 12.0. The lowest BCUT2D eigenvalue weighted by Gasteiger charge is -2.08. The fourth-order valence-corrected chi connectivity index (χ4v) is 3.31. The molecule has 0 amide bonds. The first-order chi connectivity index (χ1) is 11.2. The van der Waals surface area contributed by atoms with Crippen molar-refractivity contribution in [2.75, 3.05) is 0 Å². The topological polar surface area (TPSA) is 34.9 Å². The van der Waals surface area contributed by atoms with Gasteiger partial charge in [-0.1, -0.05) is 0 Å². The van der Waals surface area contributed by atoms with Crippen molar-refractivity contribution in [3.63, 3.8) is 0 Å². The number of fused-ring (bicyclic) bond motifs is 1. The van der Waals surface area contributed by atoms with Crippen LogP contribution in [0.4, 0.5) is 17.6 Å². The number of carbonyl (C=O) groups is 1. The van der Waals surface area contributed by atoms with Crippen molar-refractivity contribution in [2.45, 2.75) is 26.1 Å². The largest absolute Gasteiger partial charge is 0.406 e. The minimum atomic E-state index is -4.47. The van der Waals surface area contributed by atoms with Gasteiger partial charge in [0.15, 0.2) is 5.78 Å². The van der Waals surface area contributed by atoms with E-state index in [-0.39, 0.29) is 23.3 Å². The highest BCUT2D eigenvalue weighted by Crippen LogP contribution is 2.28. The highest BCUT2D eigenvalue weighted by molar-refractivity contribution is 7.11. The monoisotopic (exact) mass is 356 g/mol. The lowest BCUT2D eigenvalue weighted by atomic mass is 10.1. The molecule has 0 fully saturated rings. The fraction of sp³-hybridized carbons (Fsp3) is 0.250. The van der Waals surface area contributed by atoms with Crippen molar-refractivity contribution in [1.29, 1.82) is 0 Å². The van der Waals surface area contributed by atoms with Crippen LogP contribution in [0.3, 0.4) is 0 Å². The molecule has 0 aliphatic heterocycles. The molecule has 0 atom stereocenters. The first-order valence-corrected chi connectivity index (χ1v) is 7.84. The van der Waals surface area contributed by atoms with E-state index in [0.717, 1.165) is 27.8 Å². The quantitative estimate of drug-likeness (QED) is 0.508. The first kappa shape index (κ1) is 16.6. The Hall–Kier alpha value is -2.22. The van der Waals surface area contributed by atoms with Gasteiger partial charge in [-0.25, -0.2) is 9.37 Å². The van der Waals surface area contributed by atoms with E-state index >= 15 is 0 Å². The Bertz CT molecular complexity index is 911. The van der Waals surface area contributed by atoms with E-state index in [1.54, 1.807) is 6.20 Å². The summed E-state index contributed by atoms with van der Waals surface area (Å²) in [6.07, 6.45) is -1.69. The second-order valence-electron chi connectivity index (χ2n) is 5.41. The molecular formula is C16H12F4N2OS. The predicted octanol–water partition coefficient (Wildman–Crippen LogP) is 4.53. The number of hydrogen-bond donors (Lipinski definition) is 0. The van der Waals surface area contributed by atoms with Crippen molar-refractivity contribution in [1.82, 2.24) is 9.55 Å². The Labute approximate surface area is 138 Å². The molecule has 1 aromatic carbocycles. The van der Waals surface area contributed by atoms with Crippen LogP contribution in [0.25, 0.3) is 10.9 Å². The number of benzene rings is 1. The maximum absolute atomic E-state index is 13.4. The Morgan fingerprint density at radius 3 is 2.71 bits per heavy atom. The lowest BCUT2D eigenvalue weighted by Crippen LogP contribution is -2.17. The zero-order valence-electron chi connectivity index (χ0n) is 12.5. The molecule has 0 bridgehead atoms. The third-order valence-electron chi connectivity index (χ3n) is 3.48. The third kappa shape index (κ3) is 3.48. The zero-order valence-corrected chi connectivity index (χ0v) is 13.3. The number of aromatic nitrogens is 2. The molecule has 0 spiro atoms. The van der Waals surface area contributed by atoms with E-state index in [4.69, 9.17) is 0 Å². The van der Waals surface area contributed by atoms with E-state index in [9.17, 15) is 22.4 Å². The van der Waals surface area contributed by atoms with Crippen LogP contribution in [0.1, 0.15) is 20.2 Å². The summed E-state index contributed by atoms with van der Waals surface area (Å²) >= 11 is 1.36. The second kappa shape index (κ2) is 6.01. The van der Waals surface area contributed by atoms with E-state index < -0.39 is 18.5 Å². The molecule has 2 aromatic heterocycles. The Balaban J connectivity index is 2.02. The second-order valence-corrected chi connectivity index (χ2v) is 6.73. The average Bonchev–Trinajstić information content (AvgIpc) is 3.01. The average molecular weight is 356 g/mol. The summed E-state index contributed by atoms with van der Waals surface area (Å²) in [4.78, 5) is 17.5. The Kier molecular flexibility index (Phi) is 4.16. The van der Waals surface area contributed by atoms with E-state index in [1.165, 1.54) is 17.4 Å². The molecule has 126 valence electrons. The van der Waals surface area contributed by atoms with Crippen molar-refractivity contribution < 1.29 is 22.4 Å². The van der Waals surface area contributed by atoms with Gasteiger partial charge in [0.05, 0.1) is 11.9 Å². The number of nitrogens with zero attached hydrogens (tertiary/aromatic N) is 2. The van der Waals surface area contributed by atoms with E-state index in [2.05, 4.69) is 4.98 Å². The summed E-state index contributed by atoms with van der Waals surface area (Å²) in [6.45, 7) is 0.570. The molecule has 2 heterocycles. The number of alkyl halides is 3. The SMILES string of the molecule is Cc1cnc(CC(=O)c2cn(CC(F)(F)F)c3cc(F)ccc23)s1. The molecule has 24 heavy (non-hydrogen) atoms. The smallest absolute Gasteiger partial charge is 0.338 e. The van der Waals surface area contributed by atoms with Crippen LogP contribution in [0.15, 0.2) is 30.6 Å². The van der Waals surface area contributed by atoms with Gasteiger partial charge in [0.25, 0.3) is 0 Å². The third-order valence-corrected chi connectivity index (χ3v) is 4.39. The van der Waals surface area contributed by atoms with E-state index in [0.29, 0.717) is 10.4 Å². The van der Waals surface area contributed by atoms with Gasteiger partial charge in [-0.15, -0.1) is 11.3 Å². The molecule has 8 heteroatoms. The molecule has 0 radical (unpaired) electrons. The van der Waals surface area contributed by atoms with E-state index in [1.807, 2.05) is 6.92 Å². The molecule has 0 saturated heterocycles. The lowest BCUT2D eigenvalue weighted by molar-refractivity contribution is -0.139. The number of aryl methyl sites for hydroxylation is 1. The van der Waals surface area contributed by atoms with Gasteiger partial charge in [-0.2, -0.15) is 13.2 Å². The van der Waals surface area contributed by atoms with Gasteiger partial charge in [0.2, 0.25) is 0 Å². The maximum Gasteiger partial charge on any atom is 0.406 e. The van der Waals surface area contributed by atoms with Crippen LogP contribution >= 0.6 is 11.3 Å². The van der Waals surface area contributed by atoms with Gasteiger partial charge in [0, 0.05) is 28.2 Å². The summed E-state index contributed by atoms with van der Waals surface area (Å²) < 4.78 is 52.4. The highest BCUT2D eigenvalue weighted by atomic mass is 32.1. The number of rotatable bonds is 4. The molecule has 0 unspecified atom stereocenters. The Morgan fingerprint density at radius 2 is 2.08 bits per heavy atom. The summed E-state index contributed by atoms with van der Waals surface area (Å²) in [5.41, 5.74) is 0.188. The first-order valence-electron chi connectivity index (χ1n) is 7.02. The van der Waals surface area contributed by atoms with Crippen molar-refractivity contribution >= 4 is 28.0 Å². The van der Waals surface area contributed by atoms with Crippen LogP contribution in [-0.2, 0) is 13.0 Å². The van der Waals surface area contributed by atoms with Crippen LogP contribution in [0.5, 0.6) is 0 Å². The number of ketones is 1. The standard InChI is InChI=1S/C16H12F4N2OS/c1-9-6-21-15(24-9)5-14(23)12-7-22(8-16(18,19)20)13-4-10(17)2-3-11(12)13/h2-4,6-7H,5,8H2,1H3. The van der Waals surface area contributed by atoms with Gasteiger partial charge < -0.3 is 4.57 Å². The van der Waals surface area contributed by atoms with Gasteiger partial charge in [-0.3, -0.25) is 4.79 Å². The van der Waals surface area contributed by atoms with Crippen molar-refractivity contribution in [2.24, 2.45) is 0 Å².